The normalized spacial score (nSPS) is 15.8. The number of aryl methyl sites for hydroxylation is 1. The molecule has 4 heteroatoms. The molecule has 0 aliphatic heterocycles. The van der Waals surface area contributed by atoms with Crippen molar-refractivity contribution < 1.29 is 14.3 Å². The minimum Gasteiger partial charge on any atom is -0.481 e. The monoisotopic (exact) mass is 267 g/mol. The zero-order valence-corrected chi connectivity index (χ0v) is 11.5. The smallest absolute Gasteiger partial charge is 0.307 e. The van der Waals surface area contributed by atoms with E-state index in [1.807, 2.05) is 13.0 Å². The lowest BCUT2D eigenvalue weighted by Crippen LogP contribution is -2.35. The highest BCUT2D eigenvalue weighted by Crippen LogP contribution is 2.17. The van der Waals surface area contributed by atoms with Crippen LogP contribution in [0, 0.1) is 17.7 Å². The molecule has 3 atom stereocenters. The molecule has 0 bridgehead atoms. The molecule has 0 aliphatic carbocycles. The minimum absolute atomic E-state index is 0.221. The first-order valence-electron chi connectivity index (χ1n) is 6.63. The first-order chi connectivity index (χ1) is 8.90. The van der Waals surface area contributed by atoms with E-state index in [4.69, 9.17) is 10.8 Å². The number of halogens is 1. The largest absolute Gasteiger partial charge is 0.481 e. The molecule has 1 aromatic carbocycles. The quantitative estimate of drug-likeness (QED) is 0.798. The van der Waals surface area contributed by atoms with E-state index in [2.05, 4.69) is 0 Å². The number of hydrogen-bond acceptors (Lipinski definition) is 2. The summed E-state index contributed by atoms with van der Waals surface area (Å²) in [7, 11) is 0. The van der Waals surface area contributed by atoms with E-state index in [1.165, 1.54) is 12.1 Å². The molecule has 0 saturated carbocycles. The van der Waals surface area contributed by atoms with Crippen LogP contribution in [0.15, 0.2) is 24.3 Å². The van der Waals surface area contributed by atoms with Crippen molar-refractivity contribution >= 4 is 5.97 Å². The maximum Gasteiger partial charge on any atom is 0.307 e. The number of benzene rings is 1. The summed E-state index contributed by atoms with van der Waals surface area (Å²) in [6.07, 6.45) is 2.33. The lowest BCUT2D eigenvalue weighted by atomic mass is 9.90. The molecule has 0 spiro atoms. The summed E-state index contributed by atoms with van der Waals surface area (Å²) in [5.74, 6) is -1.29. The van der Waals surface area contributed by atoms with Crippen LogP contribution >= 0.6 is 0 Å². The van der Waals surface area contributed by atoms with Crippen LogP contribution in [0.2, 0.25) is 0 Å². The van der Waals surface area contributed by atoms with Crippen LogP contribution < -0.4 is 5.73 Å². The van der Waals surface area contributed by atoms with Crippen molar-refractivity contribution in [1.82, 2.24) is 0 Å². The molecule has 1 aromatic rings. The third-order valence-electron chi connectivity index (χ3n) is 3.52. The molecule has 19 heavy (non-hydrogen) atoms. The minimum atomic E-state index is -0.857. The van der Waals surface area contributed by atoms with Crippen molar-refractivity contribution in [3.8, 4) is 0 Å². The van der Waals surface area contributed by atoms with Gasteiger partial charge in [0.1, 0.15) is 5.82 Å². The third-order valence-corrected chi connectivity index (χ3v) is 3.52. The summed E-state index contributed by atoms with van der Waals surface area (Å²) in [6, 6.07) is 6.23. The highest BCUT2D eigenvalue weighted by Gasteiger charge is 2.21. The van der Waals surface area contributed by atoms with Crippen LogP contribution in [0.25, 0.3) is 0 Å². The molecule has 0 radical (unpaired) electrons. The average molecular weight is 267 g/mol. The van der Waals surface area contributed by atoms with Gasteiger partial charge in [-0.2, -0.15) is 0 Å². The standard InChI is InChI=1S/C15H22FNO2/c1-10(8-14(17)11(2)15(18)19)6-7-12-4-3-5-13(16)9-12/h3-5,9-11,14H,6-8,17H2,1-2H3,(H,18,19)/t10-,11?,14+/m1/s1. The fourth-order valence-electron chi connectivity index (χ4n) is 2.08. The lowest BCUT2D eigenvalue weighted by molar-refractivity contribution is -0.141. The van der Waals surface area contributed by atoms with Crippen molar-refractivity contribution in [2.45, 2.75) is 39.2 Å². The van der Waals surface area contributed by atoms with Gasteiger partial charge in [-0.05, 0) is 42.9 Å². The first-order valence-corrected chi connectivity index (χ1v) is 6.63. The molecule has 0 fully saturated rings. The van der Waals surface area contributed by atoms with Crippen LogP contribution in [0.3, 0.4) is 0 Å². The average Bonchev–Trinajstić information content (AvgIpc) is 2.35. The van der Waals surface area contributed by atoms with Gasteiger partial charge >= 0.3 is 5.97 Å². The Morgan fingerprint density at radius 1 is 1.42 bits per heavy atom. The van der Waals surface area contributed by atoms with Crippen molar-refractivity contribution in [2.75, 3.05) is 0 Å². The number of carbonyl (C=O) groups is 1. The number of carboxylic acid groups (broad SMARTS) is 1. The number of hydrogen-bond donors (Lipinski definition) is 2. The number of rotatable bonds is 7. The van der Waals surface area contributed by atoms with Gasteiger partial charge in [-0.15, -0.1) is 0 Å². The second-order valence-corrected chi connectivity index (χ2v) is 5.30. The van der Waals surface area contributed by atoms with Gasteiger partial charge in [0.05, 0.1) is 5.92 Å². The SMILES string of the molecule is CC(C(=O)O)[C@@H](N)C[C@H](C)CCc1cccc(F)c1. The third kappa shape index (κ3) is 5.39. The number of carboxylic acids is 1. The molecule has 0 heterocycles. The zero-order chi connectivity index (χ0) is 14.4. The maximum absolute atomic E-state index is 13.0. The Kier molecular flexibility index (Phi) is 5.96. The predicted octanol–water partition coefficient (Wildman–Crippen LogP) is 2.83. The van der Waals surface area contributed by atoms with Crippen LogP contribution in [-0.2, 0) is 11.2 Å². The van der Waals surface area contributed by atoms with Crippen molar-refractivity contribution in [3.63, 3.8) is 0 Å². The zero-order valence-electron chi connectivity index (χ0n) is 11.5. The predicted molar refractivity (Wildman–Crippen MR) is 73.3 cm³/mol. The van der Waals surface area contributed by atoms with Gasteiger partial charge in [-0.3, -0.25) is 4.79 Å². The topological polar surface area (TPSA) is 63.3 Å². The second-order valence-electron chi connectivity index (χ2n) is 5.30. The van der Waals surface area contributed by atoms with Crippen LogP contribution in [0.1, 0.15) is 32.3 Å². The molecule has 3 nitrogen and oxygen atoms in total. The van der Waals surface area contributed by atoms with E-state index >= 15 is 0 Å². The molecular formula is C15H22FNO2. The van der Waals surface area contributed by atoms with E-state index < -0.39 is 11.9 Å². The Balaban J connectivity index is 2.39. The second kappa shape index (κ2) is 7.24. The summed E-state index contributed by atoms with van der Waals surface area (Å²) in [4.78, 5) is 10.8. The van der Waals surface area contributed by atoms with Crippen molar-refractivity contribution in [2.24, 2.45) is 17.6 Å². The highest BCUT2D eigenvalue weighted by atomic mass is 19.1. The molecular weight excluding hydrogens is 245 g/mol. The summed E-state index contributed by atoms with van der Waals surface area (Å²) in [5.41, 5.74) is 6.84. The van der Waals surface area contributed by atoms with Crippen molar-refractivity contribution in [3.05, 3.63) is 35.6 Å². The van der Waals surface area contributed by atoms with E-state index in [9.17, 15) is 9.18 Å². The van der Waals surface area contributed by atoms with Gasteiger partial charge in [0, 0.05) is 6.04 Å². The van der Waals surface area contributed by atoms with Crippen LogP contribution in [-0.4, -0.2) is 17.1 Å². The van der Waals surface area contributed by atoms with Gasteiger partial charge in [0.2, 0.25) is 0 Å². The molecule has 1 unspecified atom stereocenters. The van der Waals surface area contributed by atoms with Gasteiger partial charge in [0.15, 0.2) is 0 Å². The fourth-order valence-corrected chi connectivity index (χ4v) is 2.08. The summed E-state index contributed by atoms with van der Waals surface area (Å²) in [5, 5.41) is 8.88. The Bertz CT molecular complexity index is 422. The van der Waals surface area contributed by atoms with Crippen molar-refractivity contribution in [1.29, 1.82) is 0 Å². The molecule has 1 rings (SSSR count). The Morgan fingerprint density at radius 3 is 2.68 bits per heavy atom. The van der Waals surface area contributed by atoms with Crippen LogP contribution in [0.4, 0.5) is 4.39 Å². The number of aliphatic carboxylic acids is 1. The summed E-state index contributed by atoms with van der Waals surface area (Å²) >= 11 is 0. The fraction of sp³-hybridized carbons (Fsp3) is 0.533. The maximum atomic E-state index is 13.0. The summed E-state index contributed by atoms with van der Waals surface area (Å²) in [6.45, 7) is 3.68. The molecule has 0 saturated heterocycles. The Labute approximate surface area is 113 Å². The van der Waals surface area contributed by atoms with Gasteiger partial charge < -0.3 is 10.8 Å². The highest BCUT2D eigenvalue weighted by molar-refractivity contribution is 5.70. The number of nitrogens with two attached hydrogens (primary N) is 1. The van der Waals surface area contributed by atoms with Gasteiger partial charge in [-0.25, -0.2) is 4.39 Å². The molecule has 0 aliphatic rings. The van der Waals surface area contributed by atoms with E-state index in [-0.39, 0.29) is 11.9 Å². The van der Waals surface area contributed by atoms with Crippen LogP contribution in [0.5, 0.6) is 0 Å². The van der Waals surface area contributed by atoms with Gasteiger partial charge in [-0.1, -0.05) is 26.0 Å². The first kappa shape index (κ1) is 15.6. The molecule has 3 N–H and O–H groups in total. The Hall–Kier alpha value is -1.42. The molecule has 0 amide bonds. The van der Waals surface area contributed by atoms with Gasteiger partial charge in [0.25, 0.3) is 0 Å². The summed E-state index contributed by atoms with van der Waals surface area (Å²) < 4.78 is 13.0. The molecule has 0 aromatic heterocycles. The molecule has 106 valence electrons. The van der Waals surface area contributed by atoms with E-state index in [0.29, 0.717) is 12.3 Å². The van der Waals surface area contributed by atoms with E-state index in [1.54, 1.807) is 13.0 Å². The van der Waals surface area contributed by atoms with E-state index in [0.717, 1.165) is 18.4 Å². The lowest BCUT2D eigenvalue weighted by Gasteiger charge is -2.20. The Morgan fingerprint density at radius 2 is 2.11 bits per heavy atom.